The highest BCUT2D eigenvalue weighted by Gasteiger charge is 2.38. The number of hydrogen-bond donors (Lipinski definition) is 3. The standard InChI is InChI=1S/C6H13N3O.C2HF3O2/c7-1-3-9-4-2-8-6(10)5-9;3-2(4,5)1(6)7/h1-5,7H2,(H,8,10);(H,6,7). The van der Waals surface area contributed by atoms with Gasteiger partial charge in [0, 0.05) is 26.2 Å². The molecule has 0 aromatic rings. The molecule has 0 aromatic heterocycles. The van der Waals surface area contributed by atoms with Gasteiger partial charge in [-0.05, 0) is 0 Å². The molecule has 1 amide bonds. The van der Waals surface area contributed by atoms with E-state index in [1.165, 1.54) is 0 Å². The van der Waals surface area contributed by atoms with Crippen molar-refractivity contribution in [2.24, 2.45) is 5.73 Å². The smallest absolute Gasteiger partial charge is 0.475 e. The molecule has 1 heterocycles. The molecule has 0 aromatic carbocycles. The van der Waals surface area contributed by atoms with Crippen LogP contribution in [0.15, 0.2) is 0 Å². The highest BCUT2D eigenvalue weighted by Crippen LogP contribution is 2.13. The number of alkyl halides is 3. The van der Waals surface area contributed by atoms with Gasteiger partial charge in [0.05, 0.1) is 6.54 Å². The van der Waals surface area contributed by atoms with E-state index in [9.17, 15) is 18.0 Å². The van der Waals surface area contributed by atoms with E-state index in [0.717, 1.165) is 19.6 Å². The van der Waals surface area contributed by atoms with E-state index in [1.54, 1.807) is 0 Å². The molecule has 0 bridgehead atoms. The number of nitrogens with two attached hydrogens (primary N) is 1. The molecule has 1 rings (SSSR count). The topological polar surface area (TPSA) is 95.7 Å². The van der Waals surface area contributed by atoms with E-state index in [4.69, 9.17) is 15.6 Å². The van der Waals surface area contributed by atoms with E-state index in [0.29, 0.717) is 13.1 Å². The third-order valence-corrected chi connectivity index (χ3v) is 1.81. The van der Waals surface area contributed by atoms with Crippen LogP contribution in [0.1, 0.15) is 0 Å². The van der Waals surface area contributed by atoms with Crippen molar-refractivity contribution in [3.8, 4) is 0 Å². The SMILES string of the molecule is NCCN1CCNC(=O)C1.O=C(O)C(F)(F)F. The number of nitrogens with zero attached hydrogens (tertiary/aromatic N) is 1. The summed E-state index contributed by atoms with van der Waals surface area (Å²) in [6, 6.07) is 0. The molecule has 100 valence electrons. The number of amides is 1. The van der Waals surface area contributed by atoms with Crippen LogP contribution in [0.25, 0.3) is 0 Å². The van der Waals surface area contributed by atoms with Crippen LogP contribution < -0.4 is 11.1 Å². The molecule has 0 spiro atoms. The minimum absolute atomic E-state index is 0.111. The zero-order chi connectivity index (χ0) is 13.5. The first-order valence-electron chi connectivity index (χ1n) is 4.76. The summed E-state index contributed by atoms with van der Waals surface area (Å²) in [5, 5.41) is 9.87. The second kappa shape index (κ2) is 7.07. The summed E-state index contributed by atoms with van der Waals surface area (Å²) in [4.78, 5) is 21.7. The van der Waals surface area contributed by atoms with Crippen LogP contribution in [-0.2, 0) is 9.59 Å². The van der Waals surface area contributed by atoms with E-state index in [-0.39, 0.29) is 5.91 Å². The van der Waals surface area contributed by atoms with E-state index < -0.39 is 12.1 Å². The van der Waals surface area contributed by atoms with E-state index in [2.05, 4.69) is 10.2 Å². The third kappa shape index (κ3) is 7.53. The summed E-state index contributed by atoms with van der Waals surface area (Å²) < 4.78 is 31.7. The maximum atomic E-state index is 10.8. The Morgan fingerprint density at radius 3 is 2.41 bits per heavy atom. The van der Waals surface area contributed by atoms with Crippen molar-refractivity contribution in [1.82, 2.24) is 10.2 Å². The molecule has 0 aliphatic carbocycles. The Hall–Kier alpha value is -1.35. The fourth-order valence-corrected chi connectivity index (χ4v) is 1.06. The number of carboxylic acid groups (broad SMARTS) is 1. The van der Waals surface area contributed by atoms with Gasteiger partial charge < -0.3 is 16.2 Å². The van der Waals surface area contributed by atoms with Crippen LogP contribution in [0.3, 0.4) is 0 Å². The average Bonchev–Trinajstić information content (AvgIpc) is 2.17. The molecule has 0 atom stereocenters. The molecule has 0 unspecified atom stereocenters. The van der Waals surface area contributed by atoms with E-state index in [1.807, 2.05) is 0 Å². The third-order valence-electron chi connectivity index (χ3n) is 1.81. The van der Waals surface area contributed by atoms with Crippen molar-refractivity contribution in [2.75, 3.05) is 32.7 Å². The summed E-state index contributed by atoms with van der Waals surface area (Å²) in [6.07, 6.45) is -5.08. The van der Waals surface area contributed by atoms with Crippen LogP contribution in [-0.4, -0.2) is 60.8 Å². The Kier molecular flexibility index (Phi) is 6.51. The van der Waals surface area contributed by atoms with Gasteiger partial charge in [0.2, 0.25) is 5.91 Å². The molecular weight excluding hydrogens is 243 g/mol. The summed E-state index contributed by atoms with van der Waals surface area (Å²) in [6.45, 7) is 3.67. The highest BCUT2D eigenvalue weighted by atomic mass is 19.4. The quantitative estimate of drug-likeness (QED) is 0.590. The Labute approximate surface area is 95.6 Å². The summed E-state index contributed by atoms with van der Waals surface area (Å²) >= 11 is 0. The normalized spacial score (nSPS) is 16.8. The number of carbonyl (C=O) groups is 2. The largest absolute Gasteiger partial charge is 0.490 e. The lowest BCUT2D eigenvalue weighted by atomic mass is 10.3. The molecule has 1 saturated heterocycles. The van der Waals surface area contributed by atoms with Crippen molar-refractivity contribution in [3.05, 3.63) is 0 Å². The molecule has 6 nitrogen and oxygen atoms in total. The highest BCUT2D eigenvalue weighted by molar-refractivity contribution is 5.78. The number of nitrogens with one attached hydrogen (secondary N) is 1. The molecule has 1 fully saturated rings. The maximum absolute atomic E-state index is 10.8. The minimum atomic E-state index is -5.08. The molecule has 4 N–H and O–H groups in total. The number of rotatable bonds is 2. The monoisotopic (exact) mass is 257 g/mol. The number of carboxylic acids is 1. The lowest BCUT2D eigenvalue weighted by molar-refractivity contribution is -0.192. The van der Waals surface area contributed by atoms with Gasteiger partial charge in [-0.1, -0.05) is 0 Å². The summed E-state index contributed by atoms with van der Waals surface area (Å²) in [5.41, 5.74) is 5.33. The number of carbonyl (C=O) groups excluding carboxylic acids is 1. The predicted molar refractivity (Wildman–Crippen MR) is 52.2 cm³/mol. The van der Waals surface area contributed by atoms with Crippen LogP contribution in [0.4, 0.5) is 13.2 Å². The van der Waals surface area contributed by atoms with Gasteiger partial charge in [0.1, 0.15) is 0 Å². The molecule has 1 aliphatic heterocycles. The van der Waals surface area contributed by atoms with Gasteiger partial charge in [0.25, 0.3) is 0 Å². The Bertz CT molecular complexity index is 268. The lowest BCUT2D eigenvalue weighted by Gasteiger charge is -2.25. The number of aliphatic carboxylic acids is 1. The van der Waals surface area contributed by atoms with Crippen molar-refractivity contribution < 1.29 is 27.9 Å². The lowest BCUT2D eigenvalue weighted by Crippen LogP contribution is -2.48. The second-order valence-corrected chi connectivity index (χ2v) is 3.22. The van der Waals surface area contributed by atoms with Gasteiger partial charge in [0.15, 0.2) is 0 Å². The number of hydrogen-bond acceptors (Lipinski definition) is 4. The second-order valence-electron chi connectivity index (χ2n) is 3.22. The molecule has 9 heteroatoms. The fourth-order valence-electron chi connectivity index (χ4n) is 1.06. The van der Waals surface area contributed by atoms with Gasteiger partial charge in [-0.15, -0.1) is 0 Å². The van der Waals surface area contributed by atoms with Crippen LogP contribution in [0.2, 0.25) is 0 Å². The molecule has 0 radical (unpaired) electrons. The first kappa shape index (κ1) is 15.7. The minimum Gasteiger partial charge on any atom is -0.475 e. The zero-order valence-electron chi connectivity index (χ0n) is 8.96. The van der Waals surface area contributed by atoms with Gasteiger partial charge >= 0.3 is 12.1 Å². The Balaban J connectivity index is 0.000000325. The summed E-state index contributed by atoms with van der Waals surface area (Å²) in [7, 11) is 0. The maximum Gasteiger partial charge on any atom is 0.490 e. The van der Waals surface area contributed by atoms with Crippen LogP contribution in [0, 0.1) is 0 Å². The van der Waals surface area contributed by atoms with Crippen molar-refractivity contribution in [1.29, 1.82) is 0 Å². The van der Waals surface area contributed by atoms with Crippen LogP contribution >= 0.6 is 0 Å². The zero-order valence-corrected chi connectivity index (χ0v) is 8.96. The first-order chi connectivity index (χ1) is 7.77. The number of piperazine rings is 1. The van der Waals surface area contributed by atoms with Gasteiger partial charge in [-0.25, -0.2) is 4.79 Å². The fraction of sp³-hybridized carbons (Fsp3) is 0.750. The molecular formula is C8H14F3N3O3. The molecule has 0 saturated carbocycles. The van der Waals surface area contributed by atoms with Crippen molar-refractivity contribution >= 4 is 11.9 Å². The van der Waals surface area contributed by atoms with Crippen molar-refractivity contribution in [3.63, 3.8) is 0 Å². The Morgan fingerprint density at radius 2 is 2.06 bits per heavy atom. The molecule has 1 aliphatic rings. The van der Waals surface area contributed by atoms with E-state index >= 15 is 0 Å². The number of halogens is 3. The summed E-state index contributed by atoms with van der Waals surface area (Å²) in [5.74, 6) is -2.65. The van der Waals surface area contributed by atoms with Crippen LogP contribution in [0.5, 0.6) is 0 Å². The average molecular weight is 257 g/mol. The Morgan fingerprint density at radius 1 is 1.53 bits per heavy atom. The first-order valence-corrected chi connectivity index (χ1v) is 4.76. The van der Waals surface area contributed by atoms with Gasteiger partial charge in [-0.2, -0.15) is 13.2 Å². The predicted octanol–water partition coefficient (Wildman–Crippen LogP) is -0.990. The molecule has 17 heavy (non-hydrogen) atoms. The van der Waals surface area contributed by atoms with Crippen molar-refractivity contribution in [2.45, 2.75) is 6.18 Å². The van der Waals surface area contributed by atoms with Gasteiger partial charge in [-0.3, -0.25) is 9.69 Å².